The van der Waals surface area contributed by atoms with Crippen LogP contribution in [0.2, 0.25) is 0 Å². The number of aryl methyl sites for hydroxylation is 2. The number of nitrogens with zero attached hydrogens (tertiary/aromatic N) is 2. The number of aromatic nitrogens is 2. The molecule has 0 aliphatic heterocycles. The lowest BCUT2D eigenvalue weighted by Crippen LogP contribution is -2.12. The van der Waals surface area contributed by atoms with Crippen LogP contribution >= 0.6 is 11.3 Å². The third-order valence-electron chi connectivity index (χ3n) is 3.82. The van der Waals surface area contributed by atoms with Crippen molar-refractivity contribution in [2.24, 2.45) is 0 Å². The molecule has 6 nitrogen and oxygen atoms in total. The lowest BCUT2D eigenvalue weighted by atomic mass is 9.93. The molecule has 7 heteroatoms. The minimum atomic E-state index is -0.220. The lowest BCUT2D eigenvalue weighted by Gasteiger charge is -2.14. The second-order valence-corrected chi connectivity index (χ2v) is 6.52. The standard InChI is InChI=1S/C17H17N3O3S/c1-3-11-5-4-10(8-18-11)14(22)12-6-7-13-16(15(12)23)24-17(20-13)19-9(2)21/h4-5,8,23H,3,6-7H2,1-2H3,(H,19,20,21). The Hall–Kier alpha value is -2.54. The van der Waals surface area contributed by atoms with E-state index < -0.39 is 0 Å². The van der Waals surface area contributed by atoms with Crippen molar-refractivity contribution in [1.29, 1.82) is 0 Å². The summed E-state index contributed by atoms with van der Waals surface area (Å²) < 4.78 is 0. The molecule has 0 radical (unpaired) electrons. The van der Waals surface area contributed by atoms with Crippen molar-refractivity contribution in [2.75, 3.05) is 5.32 Å². The van der Waals surface area contributed by atoms with Gasteiger partial charge < -0.3 is 10.4 Å². The van der Waals surface area contributed by atoms with E-state index in [2.05, 4.69) is 15.3 Å². The van der Waals surface area contributed by atoms with Gasteiger partial charge in [0.1, 0.15) is 5.76 Å². The van der Waals surface area contributed by atoms with E-state index in [-0.39, 0.29) is 17.4 Å². The molecule has 0 saturated heterocycles. The molecule has 1 aliphatic rings. The fraction of sp³-hybridized carbons (Fsp3) is 0.294. The van der Waals surface area contributed by atoms with Gasteiger partial charge in [0.15, 0.2) is 10.9 Å². The van der Waals surface area contributed by atoms with Gasteiger partial charge in [0.05, 0.1) is 10.6 Å². The number of carbonyl (C=O) groups excluding carboxylic acids is 2. The highest BCUT2D eigenvalue weighted by molar-refractivity contribution is 7.16. The number of aliphatic hydroxyl groups is 1. The number of fused-ring (bicyclic) bond motifs is 1. The molecule has 0 fully saturated rings. The highest BCUT2D eigenvalue weighted by Gasteiger charge is 2.27. The van der Waals surface area contributed by atoms with Crippen molar-refractivity contribution < 1.29 is 14.7 Å². The molecule has 2 N–H and O–H groups in total. The van der Waals surface area contributed by atoms with Crippen molar-refractivity contribution in [3.05, 3.63) is 45.7 Å². The fourth-order valence-corrected chi connectivity index (χ4v) is 3.60. The highest BCUT2D eigenvalue weighted by atomic mass is 32.1. The quantitative estimate of drug-likeness (QED) is 0.832. The van der Waals surface area contributed by atoms with E-state index in [9.17, 15) is 14.7 Å². The number of aliphatic hydroxyl groups excluding tert-OH is 1. The maximum atomic E-state index is 12.7. The maximum Gasteiger partial charge on any atom is 0.223 e. The third-order valence-corrected chi connectivity index (χ3v) is 4.84. The van der Waals surface area contributed by atoms with Crippen LogP contribution in [0.15, 0.2) is 23.9 Å². The van der Waals surface area contributed by atoms with Crippen LogP contribution in [0.25, 0.3) is 5.76 Å². The van der Waals surface area contributed by atoms with Gasteiger partial charge in [-0.05, 0) is 31.4 Å². The van der Waals surface area contributed by atoms with E-state index in [4.69, 9.17) is 0 Å². The topological polar surface area (TPSA) is 92.2 Å². The summed E-state index contributed by atoms with van der Waals surface area (Å²) in [6.07, 6.45) is 3.32. The molecule has 0 spiro atoms. The zero-order valence-electron chi connectivity index (χ0n) is 13.4. The summed E-state index contributed by atoms with van der Waals surface area (Å²) >= 11 is 1.18. The number of nitrogens with one attached hydrogen (secondary N) is 1. The zero-order chi connectivity index (χ0) is 17.3. The molecule has 0 saturated carbocycles. The van der Waals surface area contributed by atoms with Crippen molar-refractivity contribution in [2.45, 2.75) is 33.1 Å². The van der Waals surface area contributed by atoms with Crippen LogP contribution in [-0.4, -0.2) is 26.8 Å². The predicted molar refractivity (Wildman–Crippen MR) is 92.2 cm³/mol. The second kappa shape index (κ2) is 6.52. The Bertz CT molecular complexity index is 837. The maximum absolute atomic E-state index is 12.7. The summed E-state index contributed by atoms with van der Waals surface area (Å²) in [5.41, 5.74) is 2.45. The molecule has 0 atom stereocenters. The average Bonchev–Trinajstić information content (AvgIpc) is 2.97. The van der Waals surface area contributed by atoms with Crippen LogP contribution in [0, 0.1) is 0 Å². The Kier molecular flexibility index (Phi) is 4.44. The van der Waals surface area contributed by atoms with Crippen LogP contribution in [-0.2, 0) is 17.6 Å². The van der Waals surface area contributed by atoms with Gasteiger partial charge in [-0.3, -0.25) is 14.6 Å². The number of thiazole rings is 1. The molecule has 1 aliphatic carbocycles. The van der Waals surface area contributed by atoms with E-state index in [0.29, 0.717) is 39.7 Å². The molecule has 0 unspecified atom stereocenters. The SMILES string of the molecule is CCc1ccc(C(=O)C2=C(O)c3sc(NC(C)=O)nc3CC2)cn1. The van der Waals surface area contributed by atoms with Gasteiger partial charge in [-0.1, -0.05) is 18.3 Å². The van der Waals surface area contributed by atoms with Gasteiger partial charge in [0.25, 0.3) is 0 Å². The van der Waals surface area contributed by atoms with Gasteiger partial charge in [-0.25, -0.2) is 4.98 Å². The number of hydrogen-bond donors (Lipinski definition) is 2. The number of allylic oxidation sites excluding steroid dienone is 1. The first kappa shape index (κ1) is 16.3. The minimum absolute atomic E-state index is 0.0464. The van der Waals surface area contributed by atoms with Gasteiger partial charge in [-0.15, -0.1) is 0 Å². The Morgan fingerprint density at radius 2 is 2.12 bits per heavy atom. The number of rotatable bonds is 4. The average molecular weight is 343 g/mol. The second-order valence-electron chi connectivity index (χ2n) is 5.52. The number of ketones is 1. The summed E-state index contributed by atoms with van der Waals surface area (Å²) in [4.78, 5) is 32.9. The summed E-state index contributed by atoms with van der Waals surface area (Å²) in [5.74, 6) is -0.486. The molecule has 3 rings (SSSR count). The summed E-state index contributed by atoms with van der Waals surface area (Å²) in [5, 5.41) is 13.5. The van der Waals surface area contributed by atoms with E-state index in [1.54, 1.807) is 12.3 Å². The Labute approximate surface area is 143 Å². The van der Waals surface area contributed by atoms with Crippen molar-refractivity contribution in [3.63, 3.8) is 0 Å². The zero-order valence-corrected chi connectivity index (χ0v) is 14.2. The number of hydrogen-bond acceptors (Lipinski definition) is 6. The van der Waals surface area contributed by atoms with E-state index in [1.807, 2.05) is 13.0 Å². The first-order valence-electron chi connectivity index (χ1n) is 7.69. The van der Waals surface area contributed by atoms with Crippen molar-refractivity contribution >= 4 is 33.9 Å². The Balaban J connectivity index is 1.92. The molecule has 124 valence electrons. The van der Waals surface area contributed by atoms with Crippen LogP contribution in [0.4, 0.5) is 5.13 Å². The molecular weight excluding hydrogens is 326 g/mol. The Morgan fingerprint density at radius 3 is 2.75 bits per heavy atom. The van der Waals surface area contributed by atoms with E-state index in [1.165, 1.54) is 18.3 Å². The summed E-state index contributed by atoms with van der Waals surface area (Å²) in [7, 11) is 0. The molecule has 1 amide bonds. The first-order valence-corrected chi connectivity index (χ1v) is 8.50. The summed E-state index contributed by atoms with van der Waals surface area (Å²) in [6.45, 7) is 3.40. The number of amides is 1. The number of Topliss-reactive ketones (excluding diaryl/α,β-unsaturated/α-hetero) is 1. The van der Waals surface area contributed by atoms with Gasteiger partial charge in [0, 0.05) is 30.0 Å². The summed E-state index contributed by atoms with van der Waals surface area (Å²) in [6, 6.07) is 3.56. The van der Waals surface area contributed by atoms with E-state index in [0.717, 1.165) is 12.1 Å². The third kappa shape index (κ3) is 3.07. The van der Waals surface area contributed by atoms with Crippen LogP contribution < -0.4 is 5.32 Å². The number of carbonyl (C=O) groups is 2. The smallest absolute Gasteiger partial charge is 0.223 e. The molecule has 0 aromatic carbocycles. The van der Waals surface area contributed by atoms with Gasteiger partial charge >= 0.3 is 0 Å². The van der Waals surface area contributed by atoms with Crippen LogP contribution in [0.3, 0.4) is 0 Å². The fourth-order valence-electron chi connectivity index (χ4n) is 2.57. The van der Waals surface area contributed by atoms with Gasteiger partial charge in [0.2, 0.25) is 5.91 Å². The molecule has 0 bridgehead atoms. The molecule has 2 heterocycles. The number of pyridine rings is 1. The van der Waals surface area contributed by atoms with Gasteiger partial charge in [-0.2, -0.15) is 0 Å². The minimum Gasteiger partial charge on any atom is -0.506 e. The van der Waals surface area contributed by atoms with Crippen LogP contribution in [0.1, 0.15) is 46.9 Å². The Morgan fingerprint density at radius 1 is 1.33 bits per heavy atom. The molecule has 2 aromatic heterocycles. The predicted octanol–water partition coefficient (Wildman–Crippen LogP) is 3.16. The monoisotopic (exact) mass is 343 g/mol. The molecular formula is C17H17N3O3S. The molecule has 2 aromatic rings. The van der Waals surface area contributed by atoms with Crippen LogP contribution in [0.5, 0.6) is 0 Å². The normalized spacial score (nSPS) is 13.6. The molecule has 24 heavy (non-hydrogen) atoms. The first-order chi connectivity index (χ1) is 11.5. The van der Waals surface area contributed by atoms with Crippen molar-refractivity contribution in [3.8, 4) is 0 Å². The van der Waals surface area contributed by atoms with Crippen molar-refractivity contribution in [1.82, 2.24) is 9.97 Å². The number of anilines is 1. The van der Waals surface area contributed by atoms with E-state index >= 15 is 0 Å². The lowest BCUT2D eigenvalue weighted by molar-refractivity contribution is -0.114. The highest BCUT2D eigenvalue weighted by Crippen LogP contribution is 2.36. The largest absolute Gasteiger partial charge is 0.506 e.